The molecule has 0 radical (unpaired) electrons. The van der Waals surface area contributed by atoms with E-state index in [1.54, 1.807) is 36.9 Å². The van der Waals surface area contributed by atoms with E-state index in [0.717, 1.165) is 29.2 Å². The largest absolute Gasteiger partial charge is 0.481 e. The number of aliphatic carboxylic acids is 1. The van der Waals surface area contributed by atoms with Gasteiger partial charge in [-0.05, 0) is 34.9 Å². The summed E-state index contributed by atoms with van der Waals surface area (Å²) in [4.78, 5) is 31.5. The van der Waals surface area contributed by atoms with Gasteiger partial charge in [0.15, 0.2) is 11.5 Å². The number of aliphatic imine (C=N–C) groups is 2. The van der Waals surface area contributed by atoms with E-state index >= 15 is 0 Å². The minimum atomic E-state index is -2.97. The van der Waals surface area contributed by atoms with Crippen LogP contribution in [-0.4, -0.2) is 61.7 Å². The molecule has 9 nitrogen and oxygen atoms in total. The second-order valence-corrected chi connectivity index (χ2v) is 7.73. The maximum atomic E-state index is 14.1. The van der Waals surface area contributed by atoms with E-state index in [0.29, 0.717) is 5.84 Å². The number of benzene rings is 1. The fourth-order valence-electron chi connectivity index (χ4n) is 3.93. The molecule has 0 spiro atoms. The zero-order chi connectivity index (χ0) is 24.3. The Balaban J connectivity index is 0.000000636. The molecule has 3 aromatic rings. The van der Waals surface area contributed by atoms with Gasteiger partial charge in [-0.15, -0.1) is 0 Å². The number of hydrogen-bond donors (Lipinski definition) is 2. The van der Waals surface area contributed by atoms with Crippen molar-refractivity contribution in [3.63, 3.8) is 0 Å². The molecule has 2 aromatic heterocycles. The lowest BCUT2D eigenvalue weighted by Crippen LogP contribution is -2.53. The van der Waals surface area contributed by atoms with Crippen molar-refractivity contribution in [2.24, 2.45) is 15.7 Å². The van der Waals surface area contributed by atoms with Crippen LogP contribution in [0.2, 0.25) is 0 Å². The number of nitrogens with zero attached hydrogens (tertiary/aromatic N) is 6. The zero-order valence-corrected chi connectivity index (χ0v) is 18.1. The molecule has 0 aliphatic carbocycles. The summed E-state index contributed by atoms with van der Waals surface area (Å²) >= 11 is 0. The number of rotatable bonds is 3. The Morgan fingerprint density at radius 1 is 1.06 bits per heavy atom. The minimum absolute atomic E-state index is 0.0124. The van der Waals surface area contributed by atoms with Gasteiger partial charge in [0.05, 0.1) is 6.54 Å². The number of carbonyl (C=O) groups is 1. The molecule has 0 amide bonds. The summed E-state index contributed by atoms with van der Waals surface area (Å²) in [6, 6.07) is 11.2. The Kier molecular flexibility index (Phi) is 6.01. The van der Waals surface area contributed by atoms with Crippen LogP contribution < -0.4 is 5.73 Å². The standard InChI is InChI=1S/C21H17F2N7.C2H4O2/c22-20(23)11-28-18-21(16-4-6-25-7-5-16,29-19(24)30(18)12-20)17-3-1-2-14(8-17)15-9-26-13-27-10-15;1-2(3)4/h1-10,13H,11-12H2,(H2,24,29);1H3,(H,3,4). The molecule has 5 rings (SSSR count). The molecule has 2 aliphatic rings. The molecule has 3 N–H and O–H groups in total. The Labute approximate surface area is 193 Å². The van der Waals surface area contributed by atoms with Crippen LogP contribution in [-0.2, 0) is 10.3 Å². The summed E-state index contributed by atoms with van der Waals surface area (Å²) in [5, 5.41) is 7.42. The number of fused-ring (bicyclic) bond motifs is 1. The number of hydrogen-bond acceptors (Lipinski definition) is 8. The predicted molar refractivity (Wildman–Crippen MR) is 121 cm³/mol. The first kappa shape index (κ1) is 22.9. The van der Waals surface area contributed by atoms with Crippen LogP contribution in [0.1, 0.15) is 18.1 Å². The summed E-state index contributed by atoms with van der Waals surface area (Å²) in [6.45, 7) is -0.0824. The van der Waals surface area contributed by atoms with Crippen LogP contribution in [0.4, 0.5) is 8.78 Å². The number of carboxylic acids is 1. The normalized spacial score (nSPS) is 20.4. The first-order valence-corrected chi connectivity index (χ1v) is 10.2. The van der Waals surface area contributed by atoms with E-state index in [4.69, 9.17) is 20.6 Å². The molecule has 1 unspecified atom stereocenters. The van der Waals surface area contributed by atoms with Gasteiger partial charge in [0.25, 0.3) is 11.9 Å². The van der Waals surface area contributed by atoms with Gasteiger partial charge >= 0.3 is 0 Å². The fraction of sp³-hybridized carbons (Fsp3) is 0.217. The molecule has 1 aromatic carbocycles. The molecular weight excluding hydrogens is 444 g/mol. The van der Waals surface area contributed by atoms with Crippen LogP contribution in [0, 0.1) is 0 Å². The maximum Gasteiger partial charge on any atom is 0.300 e. The number of guanidine groups is 1. The number of carboxylic acid groups (broad SMARTS) is 1. The molecule has 174 valence electrons. The van der Waals surface area contributed by atoms with Crippen molar-refractivity contribution in [1.29, 1.82) is 0 Å². The second-order valence-electron chi connectivity index (χ2n) is 7.73. The van der Waals surface area contributed by atoms with Gasteiger partial charge in [0.2, 0.25) is 0 Å². The number of pyridine rings is 1. The van der Waals surface area contributed by atoms with Crippen molar-refractivity contribution in [2.75, 3.05) is 13.1 Å². The first-order valence-electron chi connectivity index (χ1n) is 10.2. The van der Waals surface area contributed by atoms with E-state index in [-0.39, 0.29) is 5.96 Å². The quantitative estimate of drug-likeness (QED) is 0.608. The Morgan fingerprint density at radius 2 is 1.74 bits per heavy atom. The minimum Gasteiger partial charge on any atom is -0.481 e. The summed E-state index contributed by atoms with van der Waals surface area (Å²) in [5.41, 5.74) is 8.19. The molecule has 0 bridgehead atoms. The lowest BCUT2D eigenvalue weighted by Gasteiger charge is -2.35. The van der Waals surface area contributed by atoms with Crippen molar-refractivity contribution in [1.82, 2.24) is 19.9 Å². The van der Waals surface area contributed by atoms with E-state index in [1.165, 1.54) is 11.2 Å². The van der Waals surface area contributed by atoms with Crippen LogP contribution in [0.3, 0.4) is 0 Å². The molecule has 4 heterocycles. The van der Waals surface area contributed by atoms with E-state index < -0.39 is 30.5 Å². The highest BCUT2D eigenvalue weighted by atomic mass is 19.3. The third-order valence-electron chi connectivity index (χ3n) is 5.26. The van der Waals surface area contributed by atoms with Crippen molar-refractivity contribution in [2.45, 2.75) is 18.4 Å². The van der Waals surface area contributed by atoms with Crippen LogP contribution in [0.15, 0.2) is 77.5 Å². The van der Waals surface area contributed by atoms with Crippen molar-refractivity contribution in [3.8, 4) is 11.1 Å². The van der Waals surface area contributed by atoms with E-state index in [2.05, 4.69) is 19.9 Å². The predicted octanol–water partition coefficient (Wildman–Crippen LogP) is 2.55. The third-order valence-corrected chi connectivity index (χ3v) is 5.26. The highest BCUT2D eigenvalue weighted by Gasteiger charge is 2.53. The number of nitrogens with two attached hydrogens (primary N) is 1. The van der Waals surface area contributed by atoms with Gasteiger partial charge in [-0.2, -0.15) is 0 Å². The first-order chi connectivity index (χ1) is 16.2. The highest BCUT2D eigenvalue weighted by Crippen LogP contribution is 2.43. The van der Waals surface area contributed by atoms with Crippen molar-refractivity contribution in [3.05, 3.63) is 78.6 Å². The topological polar surface area (TPSA) is 130 Å². The van der Waals surface area contributed by atoms with Crippen molar-refractivity contribution < 1.29 is 18.7 Å². The van der Waals surface area contributed by atoms with Gasteiger partial charge in [0.1, 0.15) is 18.7 Å². The average Bonchev–Trinajstić information content (AvgIpc) is 3.11. The Morgan fingerprint density at radius 3 is 2.41 bits per heavy atom. The smallest absolute Gasteiger partial charge is 0.300 e. The van der Waals surface area contributed by atoms with Gasteiger partial charge in [0, 0.05) is 37.3 Å². The molecule has 1 atom stereocenters. The molecular formula is C23H21F2N7O2. The molecule has 0 saturated carbocycles. The van der Waals surface area contributed by atoms with E-state index in [1.807, 2.05) is 24.3 Å². The summed E-state index contributed by atoms with van der Waals surface area (Å²) in [7, 11) is 0. The van der Waals surface area contributed by atoms with Gasteiger partial charge < -0.3 is 10.8 Å². The Bertz CT molecular complexity index is 1250. The highest BCUT2D eigenvalue weighted by molar-refractivity contribution is 6.12. The van der Waals surface area contributed by atoms with Crippen LogP contribution in [0.5, 0.6) is 0 Å². The van der Waals surface area contributed by atoms with Crippen LogP contribution >= 0.6 is 0 Å². The second kappa shape index (κ2) is 8.93. The molecule has 2 aliphatic heterocycles. The van der Waals surface area contributed by atoms with Crippen LogP contribution in [0.25, 0.3) is 11.1 Å². The van der Waals surface area contributed by atoms with Crippen molar-refractivity contribution >= 4 is 17.8 Å². The fourth-order valence-corrected chi connectivity index (χ4v) is 3.93. The zero-order valence-electron chi connectivity index (χ0n) is 18.1. The number of alkyl halides is 2. The lowest BCUT2D eigenvalue weighted by molar-refractivity contribution is -0.134. The SMILES string of the molecule is CC(=O)O.NC1=NC(c2ccncc2)(c2cccc(-c3cncnc3)c2)C2=NCC(F)(F)CN12. The Hall–Kier alpha value is -4.28. The van der Waals surface area contributed by atoms with Gasteiger partial charge in [-0.25, -0.2) is 23.7 Å². The molecule has 0 saturated heterocycles. The van der Waals surface area contributed by atoms with Gasteiger partial charge in [-0.3, -0.25) is 19.7 Å². The molecule has 0 fully saturated rings. The third kappa shape index (κ3) is 4.32. The summed E-state index contributed by atoms with van der Waals surface area (Å²) in [5.74, 6) is -3.40. The summed E-state index contributed by atoms with van der Waals surface area (Å²) in [6.07, 6.45) is 8.16. The van der Waals surface area contributed by atoms with E-state index in [9.17, 15) is 8.78 Å². The average molecular weight is 465 g/mol. The number of halogens is 2. The molecule has 34 heavy (non-hydrogen) atoms. The monoisotopic (exact) mass is 465 g/mol. The molecule has 11 heteroatoms. The van der Waals surface area contributed by atoms with Gasteiger partial charge in [-0.1, -0.05) is 18.2 Å². The number of aromatic nitrogens is 3. The maximum absolute atomic E-state index is 14.1. The summed E-state index contributed by atoms with van der Waals surface area (Å²) < 4.78 is 28.1. The lowest BCUT2D eigenvalue weighted by atomic mass is 9.81. The number of amidine groups is 1.